The van der Waals surface area contributed by atoms with Crippen molar-refractivity contribution in [2.75, 3.05) is 38.2 Å². The van der Waals surface area contributed by atoms with Crippen LogP contribution in [0.3, 0.4) is 0 Å². The highest BCUT2D eigenvalue weighted by Crippen LogP contribution is 2.23. The van der Waals surface area contributed by atoms with Gasteiger partial charge in [-0.05, 0) is 132 Å². The molecule has 0 aromatic carbocycles. The van der Waals surface area contributed by atoms with Gasteiger partial charge in [0, 0.05) is 26.1 Å². The highest BCUT2D eigenvalue weighted by Gasteiger charge is 2.43. The Balaban J connectivity index is 2.47. The zero-order valence-electron chi connectivity index (χ0n) is 72.2. The molecule has 0 saturated carbocycles. The summed E-state index contributed by atoms with van der Waals surface area (Å²) >= 11 is 1.30. The number of thioether (sulfide) groups is 1. The van der Waals surface area contributed by atoms with E-state index in [1.165, 1.54) is 18.7 Å². The van der Waals surface area contributed by atoms with Crippen molar-refractivity contribution in [3.63, 3.8) is 0 Å². The predicted octanol–water partition coefficient (Wildman–Crippen LogP) is -5.08. The molecule has 0 spiro atoms. The number of likely N-dealkylation sites (tertiary alicyclic amines) is 1. The molecule has 0 aromatic rings. The van der Waals surface area contributed by atoms with Crippen LogP contribution in [-0.4, -0.2) is 279 Å². The highest BCUT2D eigenvalue weighted by molar-refractivity contribution is 7.98. The van der Waals surface area contributed by atoms with Crippen LogP contribution in [0, 0.1) is 29.6 Å². The topological polar surface area (TPSA) is 732 Å². The summed E-state index contributed by atoms with van der Waals surface area (Å²) in [4.78, 5) is 268. The van der Waals surface area contributed by atoms with Crippen LogP contribution in [0.2, 0.25) is 0 Å². The van der Waals surface area contributed by atoms with Crippen LogP contribution in [0.5, 0.6) is 0 Å². The van der Waals surface area contributed by atoms with Crippen LogP contribution in [0.25, 0.3) is 0 Å². The van der Waals surface area contributed by atoms with Gasteiger partial charge < -0.3 is 128 Å². The first kappa shape index (κ1) is 108. The number of amides is 15. The zero-order valence-corrected chi connectivity index (χ0v) is 73.0. The predicted molar refractivity (Wildman–Crippen MR) is 449 cm³/mol. The number of aliphatic carboxylic acids is 4. The lowest BCUT2D eigenvalue weighted by atomic mass is 9.94. The molecule has 0 aromatic heterocycles. The Morgan fingerprint density at radius 1 is 0.415 bits per heavy atom. The number of nitrogens with two attached hydrogens (primary N) is 5. The molecule has 0 bridgehead atoms. The molecule has 18 atom stereocenters. The maximum absolute atomic E-state index is 14.7. The van der Waals surface area contributed by atoms with E-state index in [0.717, 1.165) is 4.90 Å². The molecule has 0 unspecified atom stereocenters. The third kappa shape index (κ3) is 39.2. The van der Waals surface area contributed by atoms with Gasteiger partial charge in [0.1, 0.15) is 84.6 Å². The molecule has 2 saturated heterocycles. The first-order valence-electron chi connectivity index (χ1n) is 41.5. The quantitative estimate of drug-likeness (QED) is 0.0154. The Morgan fingerprint density at radius 3 is 1.24 bits per heavy atom. The van der Waals surface area contributed by atoms with E-state index in [9.17, 15) is 112 Å². The summed E-state index contributed by atoms with van der Waals surface area (Å²) in [5.74, 6) is -23.7. The third-order valence-electron chi connectivity index (χ3n) is 20.7. The number of hydrogen-bond donors (Lipinski definition) is 23. The van der Waals surface area contributed by atoms with Crippen LogP contribution in [0.15, 0.2) is 9.98 Å². The maximum atomic E-state index is 14.7. The number of primary amides is 1. The Labute approximate surface area is 719 Å². The Hall–Kier alpha value is -11.2. The molecule has 46 heteroatoms. The molecule has 45 nitrogen and oxygen atoms in total. The van der Waals surface area contributed by atoms with Crippen molar-refractivity contribution in [3.05, 3.63) is 0 Å². The largest absolute Gasteiger partial charge is 0.481 e. The van der Waals surface area contributed by atoms with Crippen molar-refractivity contribution in [2.45, 2.75) is 289 Å². The number of carboxylic acid groups (broad SMARTS) is 4. The average Bonchev–Trinajstić information content (AvgIpc) is 1.70. The van der Waals surface area contributed by atoms with Gasteiger partial charge in [-0.15, -0.1) is 0 Å². The van der Waals surface area contributed by atoms with Crippen molar-refractivity contribution in [1.82, 2.24) is 79.3 Å². The van der Waals surface area contributed by atoms with Gasteiger partial charge in [0.05, 0.1) is 25.3 Å². The van der Waals surface area contributed by atoms with Gasteiger partial charge in [0.25, 0.3) is 0 Å². The number of nitrogens with one attached hydrogen (secondary N) is 14. The summed E-state index contributed by atoms with van der Waals surface area (Å²) in [6.07, 6.45) is -0.990. The number of nitrogens with zero attached hydrogens (tertiary/aromatic N) is 3. The fraction of sp³-hybridized carbons (Fsp3) is 0.727. The minimum Gasteiger partial charge on any atom is -0.481 e. The van der Waals surface area contributed by atoms with Crippen molar-refractivity contribution < 1.29 is 112 Å². The summed E-state index contributed by atoms with van der Waals surface area (Å²) in [5.41, 5.74) is 27.6. The molecular weight excluding hydrogens is 1630 g/mol. The van der Waals surface area contributed by atoms with Gasteiger partial charge in [-0.1, -0.05) is 88.5 Å². The van der Waals surface area contributed by atoms with E-state index < -0.39 is 259 Å². The minimum atomic E-state index is -2.11. The second-order valence-corrected chi connectivity index (χ2v) is 32.8. The van der Waals surface area contributed by atoms with E-state index in [1.54, 1.807) is 75.5 Å². The van der Waals surface area contributed by atoms with Crippen molar-refractivity contribution in [3.8, 4) is 0 Å². The first-order valence-corrected chi connectivity index (χ1v) is 42.8. The summed E-state index contributed by atoms with van der Waals surface area (Å²) in [5, 5.41) is 75.1. The van der Waals surface area contributed by atoms with Crippen LogP contribution in [0.4, 0.5) is 0 Å². The number of carbonyl (C=O) groups excluding carboxylic acids is 15. The van der Waals surface area contributed by atoms with Crippen molar-refractivity contribution in [1.29, 1.82) is 0 Å². The Kier molecular flexibility index (Phi) is 48.2. The van der Waals surface area contributed by atoms with E-state index in [0.29, 0.717) is 32.2 Å². The number of aliphatic imine (C=N–C) groups is 2. The van der Waals surface area contributed by atoms with Crippen LogP contribution < -0.4 is 103 Å². The lowest BCUT2D eigenvalue weighted by Gasteiger charge is -2.31. The molecule has 15 amide bonds. The van der Waals surface area contributed by atoms with Gasteiger partial charge >= 0.3 is 23.9 Å². The van der Waals surface area contributed by atoms with Gasteiger partial charge in [0.2, 0.25) is 88.6 Å². The summed E-state index contributed by atoms with van der Waals surface area (Å²) in [6, 6.07) is -22.6. The highest BCUT2D eigenvalue weighted by atomic mass is 32.2. The molecule has 123 heavy (non-hydrogen) atoms. The number of guanidine groups is 2. The van der Waals surface area contributed by atoms with E-state index in [1.807, 2.05) is 0 Å². The lowest BCUT2D eigenvalue weighted by molar-refractivity contribution is -0.145. The molecule has 2 heterocycles. The number of rotatable bonds is 58. The number of carboxylic acids is 4. The second-order valence-electron chi connectivity index (χ2n) is 31.8. The lowest BCUT2D eigenvalue weighted by Crippen LogP contribution is -2.62. The first-order chi connectivity index (χ1) is 57.7. The maximum Gasteiger partial charge on any atom is 0.326 e. The second kappa shape index (κ2) is 55.0. The molecule has 0 aliphatic carbocycles. The molecule has 2 aliphatic heterocycles. The standard InChI is InChI=1S/C77H132N22O23S/c1-13-39(8)58(72(118)89-45(22-18-29-85-77(81)82)65(111)98-60(75(121)122)41(10)15-3)97-73(119)59(40(9)14-2)96-64(110)44(21-17-28-84-76(79)80)87-63(109)46(26-31-123-12)88-67(113)49(33-38(6)7)91-61(107)42(11)86-66(112)48(32-37(4)5)92-69(115)51(35-56(103)104)94-70(116)52(36-57(105)106)95-71(117)53-23-19-30-99(53)74(120)47(24-25-55(101)102)90-68(114)50(34-54(78)100)93-62(108)43-20-16-27-83-43/h37-53,58-60,83H,13-36H2,1-12H3,(H2,78,100)(H,86,112)(H,87,109)(H,88,113)(H,89,118)(H,90,114)(H,91,107)(H,92,115)(H,93,108)(H,94,116)(H,95,117)(H,96,110)(H,97,119)(H,98,111)(H,101,102)(H,103,104)(H,105,106)(H,121,122)(H4,79,80,84)(H4,81,82,85)/t39-,40-,41-,42-,43-,44-,45-,46-,47-,48-,49-,50-,51-,52-,53-,58-,59-,60-/m0/s1. The molecule has 2 fully saturated rings. The van der Waals surface area contributed by atoms with Crippen molar-refractivity contribution >= 4 is 136 Å². The third-order valence-corrected chi connectivity index (χ3v) is 21.4. The fourth-order valence-corrected chi connectivity index (χ4v) is 13.7. The Morgan fingerprint density at radius 2 is 0.797 bits per heavy atom. The monoisotopic (exact) mass is 1760 g/mol. The normalized spacial score (nSPS) is 17.5. The Bertz CT molecular complexity index is 3710. The van der Waals surface area contributed by atoms with Crippen molar-refractivity contribution in [2.24, 2.45) is 68.2 Å². The average molecular weight is 1770 g/mol. The molecule has 0 radical (unpaired) electrons. The van der Waals surface area contributed by atoms with Crippen LogP contribution in [0.1, 0.15) is 198 Å². The van der Waals surface area contributed by atoms with Gasteiger partial charge in [0.15, 0.2) is 11.9 Å². The molecule has 2 aliphatic rings. The van der Waals surface area contributed by atoms with Gasteiger partial charge in [-0.25, -0.2) is 4.79 Å². The van der Waals surface area contributed by atoms with E-state index in [2.05, 4.69) is 84.4 Å². The van der Waals surface area contributed by atoms with Gasteiger partial charge in [-0.3, -0.25) is 96.3 Å². The summed E-state index contributed by atoms with van der Waals surface area (Å²) < 4.78 is 0. The molecule has 28 N–H and O–H groups in total. The van der Waals surface area contributed by atoms with Gasteiger partial charge in [-0.2, -0.15) is 11.8 Å². The number of hydrogen-bond acceptors (Lipinski definition) is 23. The zero-order chi connectivity index (χ0) is 93.2. The van der Waals surface area contributed by atoms with E-state index >= 15 is 0 Å². The van der Waals surface area contributed by atoms with E-state index in [4.69, 9.17) is 28.7 Å². The molecule has 694 valence electrons. The molecule has 2 rings (SSSR count). The SMILES string of the molecule is CC[C@H](C)[C@H](NC(=O)[C@H](CCCN=C(N)N)NC(=O)[C@@H](NC(=O)[C@@H](NC(=O)[C@H](CCCN=C(N)N)NC(=O)[C@H](CCSC)NC(=O)[C@H](CC(C)C)NC(=O)[C@H](C)NC(=O)[C@H](CC(C)C)NC(=O)[C@H](CC(=O)O)NC(=O)[C@H](CC(=O)O)NC(=O)[C@@H]1CCCN1C(=O)[C@H](CCC(=O)O)NC(=O)[C@H](CC(N)=O)NC(=O)[C@@H]1CCCN1)[C@@H](C)CC)[C@@H](C)CC)C(=O)O. The minimum absolute atomic E-state index is 0.0303. The smallest absolute Gasteiger partial charge is 0.326 e. The molecular formula is C77H132N22O23S. The summed E-state index contributed by atoms with van der Waals surface area (Å²) in [7, 11) is 0. The van der Waals surface area contributed by atoms with E-state index in [-0.39, 0.29) is 107 Å². The number of carbonyl (C=O) groups is 19. The summed E-state index contributed by atoms with van der Waals surface area (Å²) in [6.45, 7) is 18.5. The fourth-order valence-electron chi connectivity index (χ4n) is 13.2. The van der Waals surface area contributed by atoms with Crippen LogP contribution in [-0.2, 0) is 91.1 Å². The van der Waals surface area contributed by atoms with Crippen LogP contribution >= 0.6 is 11.8 Å².